The molecule has 0 bridgehead atoms. The average molecular weight is 885 g/mol. The molecule has 0 radical (unpaired) electrons. The number of hydrogen-bond donors (Lipinski definition) is 2. The Hall–Kier alpha value is -2.34. The van der Waals surface area contributed by atoms with Crippen LogP contribution in [0.25, 0.3) is 0 Å². The van der Waals surface area contributed by atoms with E-state index in [1.165, 1.54) is 5.57 Å². The highest BCUT2D eigenvalue weighted by Gasteiger charge is 2.71. The first-order valence-electron chi connectivity index (χ1n) is 23.4. The van der Waals surface area contributed by atoms with Crippen LogP contribution in [0.15, 0.2) is 42.0 Å². The van der Waals surface area contributed by atoms with E-state index in [1.807, 2.05) is 39.0 Å². The number of aliphatic hydroxyl groups excluding tert-OH is 1. The summed E-state index contributed by atoms with van der Waals surface area (Å²) in [6.07, 6.45) is 2.16. The van der Waals surface area contributed by atoms with Crippen molar-refractivity contribution >= 4 is 11.8 Å². The van der Waals surface area contributed by atoms with Crippen LogP contribution in [0.3, 0.4) is 0 Å². The van der Waals surface area contributed by atoms with E-state index in [-0.39, 0.29) is 59.5 Å². The fraction of sp³-hybridized carbons (Fsp3) is 0.796. The summed E-state index contributed by atoms with van der Waals surface area (Å²) in [6.45, 7) is 11.6. The minimum Gasteiger partial charge on any atom is -0.458 e. The smallest absolute Gasteiger partial charge is 0.338 e. The third-order valence-electron chi connectivity index (χ3n) is 16.8. The minimum absolute atomic E-state index is 0.0389. The average Bonchev–Trinajstić information content (AvgIpc) is 3.56. The Balaban J connectivity index is 0.900. The second kappa shape index (κ2) is 18.7. The number of esters is 1. The van der Waals surface area contributed by atoms with Gasteiger partial charge in [-0.25, -0.2) is 4.79 Å². The molecule has 0 amide bonds. The van der Waals surface area contributed by atoms with Crippen molar-refractivity contribution < 1.29 is 67.2 Å². The van der Waals surface area contributed by atoms with Crippen LogP contribution in [-0.4, -0.2) is 135 Å². The number of allylic oxidation sites excluding steroid dienone is 1. The van der Waals surface area contributed by atoms with Gasteiger partial charge in [0.05, 0.1) is 53.9 Å². The topological polar surface area (TPSA) is 167 Å². The number of carbonyl (C=O) groups excluding carboxylic acids is 2. The largest absolute Gasteiger partial charge is 0.458 e. The first kappa shape index (κ1) is 47.2. The zero-order valence-electron chi connectivity index (χ0n) is 38.6. The van der Waals surface area contributed by atoms with Crippen LogP contribution in [-0.2, 0) is 52.2 Å². The number of rotatable bonds is 12. The third-order valence-corrected chi connectivity index (χ3v) is 16.8. The van der Waals surface area contributed by atoms with E-state index in [9.17, 15) is 19.8 Å². The summed E-state index contributed by atoms with van der Waals surface area (Å²) >= 11 is 0. The van der Waals surface area contributed by atoms with Gasteiger partial charge in [0.15, 0.2) is 18.9 Å². The second-order valence-corrected chi connectivity index (χ2v) is 20.0. The molecule has 7 aliphatic rings. The Morgan fingerprint density at radius 3 is 1.89 bits per heavy atom. The molecular formula is C49H72O14. The van der Waals surface area contributed by atoms with Crippen molar-refractivity contribution in [2.24, 2.45) is 28.6 Å². The highest BCUT2D eigenvalue weighted by atomic mass is 16.7. The number of ether oxygens (including phenoxy) is 10. The van der Waals surface area contributed by atoms with Crippen molar-refractivity contribution in [2.75, 3.05) is 21.3 Å². The molecular weight excluding hydrogens is 813 g/mol. The predicted molar refractivity (Wildman–Crippen MR) is 228 cm³/mol. The molecule has 6 fully saturated rings. The number of Topliss-reactive ketones (excluding diaryl/α,β-unsaturated/α-hetero) is 1. The molecule has 1 aromatic rings. The number of ketones is 1. The molecule has 14 heteroatoms. The molecule has 3 saturated heterocycles. The monoisotopic (exact) mass is 884 g/mol. The lowest BCUT2D eigenvalue weighted by atomic mass is 9.45. The summed E-state index contributed by atoms with van der Waals surface area (Å²) < 4.78 is 62.6. The van der Waals surface area contributed by atoms with Crippen molar-refractivity contribution in [1.29, 1.82) is 0 Å². The van der Waals surface area contributed by atoms with Crippen LogP contribution in [0.5, 0.6) is 0 Å². The van der Waals surface area contributed by atoms with E-state index in [2.05, 4.69) is 13.0 Å². The van der Waals surface area contributed by atoms with Gasteiger partial charge in [0.1, 0.15) is 30.2 Å². The Morgan fingerprint density at radius 2 is 1.30 bits per heavy atom. The van der Waals surface area contributed by atoms with Crippen LogP contribution < -0.4 is 0 Å². The lowest BCUT2D eigenvalue weighted by molar-refractivity contribution is -0.338. The minimum atomic E-state index is -1.16. The standard InChI is InChI=1S/C49H72O14/c1-26(50)33-18-20-49(53)34-16-15-31-21-32(17-19-47(31,5)35(34)22-39(48(33,49)6)61-46(52)30-13-11-10-12-14-30)60-40-24-37(55-8)44(28(3)58-40)63-42-25-38(56-9)45(29(4)59-42)62-41-23-36(54-7)43(51)27(2)57-41/h10-15,27-29,32-45,51,53H,16-25H2,1-9H3/t27-,28-,29-,32+,33+,34-,35+,36-,37+,38-,39-,40+,41+,42+,43-,44-,45-,47+,48+,49+/m1/s1. The van der Waals surface area contributed by atoms with Gasteiger partial charge in [-0.3, -0.25) is 4.79 Å². The molecule has 3 saturated carbocycles. The number of fused-ring (bicyclic) bond motifs is 5. The van der Waals surface area contributed by atoms with E-state index in [1.54, 1.807) is 47.3 Å². The molecule has 0 aromatic heterocycles. The fourth-order valence-corrected chi connectivity index (χ4v) is 13.2. The predicted octanol–water partition coefficient (Wildman–Crippen LogP) is 6.07. The molecule has 20 atom stereocenters. The molecule has 3 aliphatic heterocycles. The van der Waals surface area contributed by atoms with Crippen LogP contribution in [0.2, 0.25) is 0 Å². The summed E-state index contributed by atoms with van der Waals surface area (Å²) in [6, 6.07) is 8.99. The molecule has 0 spiro atoms. The molecule has 2 N–H and O–H groups in total. The van der Waals surface area contributed by atoms with Crippen molar-refractivity contribution in [3.05, 3.63) is 47.5 Å². The van der Waals surface area contributed by atoms with Crippen LogP contribution in [0.4, 0.5) is 0 Å². The van der Waals surface area contributed by atoms with Gasteiger partial charge < -0.3 is 57.6 Å². The molecule has 352 valence electrons. The normalized spacial score (nSPS) is 47.4. The quantitative estimate of drug-likeness (QED) is 0.183. The van der Waals surface area contributed by atoms with Crippen LogP contribution in [0.1, 0.15) is 116 Å². The van der Waals surface area contributed by atoms with Crippen molar-refractivity contribution in [1.82, 2.24) is 0 Å². The number of aliphatic hydroxyl groups is 2. The summed E-state index contributed by atoms with van der Waals surface area (Å²) in [7, 11) is 4.91. The highest BCUT2D eigenvalue weighted by Crippen LogP contribution is 2.68. The first-order valence-corrected chi connectivity index (χ1v) is 23.4. The lowest BCUT2D eigenvalue weighted by Gasteiger charge is -2.63. The maximum atomic E-state index is 13.6. The van der Waals surface area contributed by atoms with Gasteiger partial charge in [0.25, 0.3) is 0 Å². The zero-order chi connectivity index (χ0) is 45.0. The van der Waals surface area contributed by atoms with Crippen molar-refractivity contribution in [3.63, 3.8) is 0 Å². The van der Waals surface area contributed by atoms with Gasteiger partial charge in [0, 0.05) is 51.9 Å². The van der Waals surface area contributed by atoms with E-state index < -0.39 is 72.5 Å². The maximum absolute atomic E-state index is 13.6. The molecule has 4 aliphatic carbocycles. The molecule has 1 aromatic carbocycles. The number of hydrogen-bond acceptors (Lipinski definition) is 14. The van der Waals surface area contributed by atoms with E-state index in [0.29, 0.717) is 50.5 Å². The molecule has 0 unspecified atom stereocenters. The van der Waals surface area contributed by atoms with Gasteiger partial charge in [-0.05, 0) is 102 Å². The Labute approximate surface area is 372 Å². The van der Waals surface area contributed by atoms with Gasteiger partial charge in [0.2, 0.25) is 0 Å². The maximum Gasteiger partial charge on any atom is 0.338 e. The van der Waals surface area contributed by atoms with Crippen molar-refractivity contribution in [3.8, 4) is 0 Å². The Morgan fingerprint density at radius 1 is 0.730 bits per heavy atom. The van der Waals surface area contributed by atoms with Gasteiger partial charge in [-0.1, -0.05) is 43.7 Å². The van der Waals surface area contributed by atoms with Crippen molar-refractivity contribution in [2.45, 2.75) is 197 Å². The van der Waals surface area contributed by atoms with Crippen LogP contribution in [0, 0.1) is 28.6 Å². The molecule has 63 heavy (non-hydrogen) atoms. The first-order chi connectivity index (χ1) is 30.0. The summed E-state index contributed by atoms with van der Waals surface area (Å²) in [5, 5.41) is 23.3. The SMILES string of the molecule is CO[C@H]1C[C@H](O[C@H]2CC[C@@]3(C)C(=CC[C@@H]4[C@@H]3C[C@@H](OC(=O)c3ccccc3)[C@]3(C)[C@H](C(C)=O)CC[C@]43O)C2)O[C@H](C)[C@H]1O[C@H]1C[C@@H](OC)[C@H](O[C@H]2C[C@@H](OC)[C@H](O)[C@@H](C)O2)[C@@H](C)O1. The van der Waals surface area contributed by atoms with Crippen LogP contribution >= 0.6 is 0 Å². The molecule has 8 rings (SSSR count). The van der Waals surface area contributed by atoms with Gasteiger partial charge in [-0.15, -0.1) is 0 Å². The number of methoxy groups -OCH3 is 3. The molecule has 3 heterocycles. The summed E-state index contributed by atoms with van der Waals surface area (Å²) in [5.74, 6) is -0.773. The molecule has 14 nitrogen and oxygen atoms in total. The van der Waals surface area contributed by atoms with E-state index >= 15 is 0 Å². The van der Waals surface area contributed by atoms with Gasteiger partial charge >= 0.3 is 5.97 Å². The number of benzene rings is 1. The Bertz CT molecular complexity index is 1790. The fourth-order valence-electron chi connectivity index (χ4n) is 13.2. The second-order valence-electron chi connectivity index (χ2n) is 20.0. The third kappa shape index (κ3) is 8.62. The van der Waals surface area contributed by atoms with Gasteiger partial charge in [-0.2, -0.15) is 0 Å². The lowest BCUT2D eigenvalue weighted by Crippen LogP contribution is -2.66. The van der Waals surface area contributed by atoms with E-state index in [0.717, 1.165) is 19.3 Å². The summed E-state index contributed by atoms with van der Waals surface area (Å²) in [4.78, 5) is 26.8. The highest BCUT2D eigenvalue weighted by molar-refractivity contribution is 5.89. The summed E-state index contributed by atoms with van der Waals surface area (Å²) in [5.41, 5.74) is -0.513. The zero-order valence-corrected chi connectivity index (χ0v) is 38.6. The number of carbonyl (C=O) groups is 2. The Kier molecular flexibility index (Phi) is 14.0. The van der Waals surface area contributed by atoms with E-state index in [4.69, 9.17) is 47.4 Å².